The molecule has 0 saturated heterocycles. The number of aromatic nitrogens is 3. The van der Waals surface area contributed by atoms with E-state index in [1.807, 2.05) is 0 Å². The summed E-state index contributed by atoms with van der Waals surface area (Å²) in [6.07, 6.45) is 1.69. The Morgan fingerprint density at radius 3 is 3.00 bits per heavy atom. The first-order valence-corrected chi connectivity index (χ1v) is 4.99. The highest BCUT2D eigenvalue weighted by atomic mass is 35.5. The van der Waals surface area contributed by atoms with Gasteiger partial charge in [-0.25, -0.2) is 14.8 Å². The summed E-state index contributed by atoms with van der Waals surface area (Å²) in [5.74, 6) is 0.357. The van der Waals surface area contributed by atoms with E-state index < -0.39 is 6.09 Å². The third-order valence-corrected chi connectivity index (χ3v) is 2.33. The topological polar surface area (TPSA) is 77.2 Å². The van der Waals surface area contributed by atoms with Crippen molar-refractivity contribution in [3.05, 3.63) is 29.8 Å². The molecule has 88 valence electrons. The van der Waals surface area contributed by atoms with Crippen molar-refractivity contribution < 1.29 is 14.6 Å². The van der Waals surface area contributed by atoms with Crippen LogP contribution in [0.5, 0.6) is 5.75 Å². The van der Waals surface area contributed by atoms with Gasteiger partial charge in [-0.05, 0) is 23.7 Å². The molecule has 0 saturated carbocycles. The molecule has 2 rings (SSSR count). The van der Waals surface area contributed by atoms with Crippen LogP contribution in [0.15, 0.2) is 24.5 Å². The fraction of sp³-hybridized carbons (Fsp3) is 0.100. The number of carboxylic acid groups (broad SMARTS) is 1. The van der Waals surface area contributed by atoms with E-state index in [9.17, 15) is 4.79 Å². The van der Waals surface area contributed by atoms with Crippen LogP contribution in [-0.4, -0.2) is 32.8 Å². The standard InChI is InChI=1S/C10H8ClN3O3/c1-17-7-5-12-9(11)13-8(7)6-3-2-4-14(6)10(15)16/h2-5H,1H3,(H,15,16). The SMILES string of the molecule is COc1cnc(Cl)nc1-c1cccn1C(=O)O. The Bertz CT molecular complexity index is 568. The summed E-state index contributed by atoms with van der Waals surface area (Å²) in [7, 11) is 1.45. The normalized spacial score (nSPS) is 10.2. The molecule has 1 N–H and O–H groups in total. The van der Waals surface area contributed by atoms with Crippen LogP contribution in [0.1, 0.15) is 0 Å². The molecule has 0 atom stereocenters. The zero-order valence-corrected chi connectivity index (χ0v) is 9.55. The highest BCUT2D eigenvalue weighted by Crippen LogP contribution is 2.28. The van der Waals surface area contributed by atoms with Crippen LogP contribution in [0, 0.1) is 0 Å². The van der Waals surface area contributed by atoms with Gasteiger partial charge in [0.05, 0.1) is 19.0 Å². The third-order valence-electron chi connectivity index (χ3n) is 2.14. The summed E-state index contributed by atoms with van der Waals surface area (Å²) in [6, 6.07) is 3.20. The molecule has 17 heavy (non-hydrogen) atoms. The molecule has 0 aromatic carbocycles. The molecule has 0 aliphatic rings. The molecule has 0 fully saturated rings. The summed E-state index contributed by atoms with van der Waals surface area (Å²) < 4.78 is 6.10. The Hall–Kier alpha value is -2.08. The summed E-state index contributed by atoms with van der Waals surface area (Å²) >= 11 is 5.69. The summed E-state index contributed by atoms with van der Waals surface area (Å²) in [5.41, 5.74) is 0.707. The molecule has 0 radical (unpaired) electrons. The van der Waals surface area contributed by atoms with Gasteiger partial charge in [-0.1, -0.05) is 0 Å². The highest BCUT2D eigenvalue weighted by Gasteiger charge is 2.16. The minimum atomic E-state index is -1.11. The van der Waals surface area contributed by atoms with Crippen LogP contribution in [-0.2, 0) is 0 Å². The predicted molar refractivity (Wildman–Crippen MR) is 60.4 cm³/mol. The van der Waals surface area contributed by atoms with Crippen molar-refractivity contribution in [3.8, 4) is 17.1 Å². The fourth-order valence-electron chi connectivity index (χ4n) is 1.42. The van der Waals surface area contributed by atoms with Crippen molar-refractivity contribution in [2.75, 3.05) is 7.11 Å². The maximum absolute atomic E-state index is 11.0. The zero-order chi connectivity index (χ0) is 12.4. The first-order chi connectivity index (χ1) is 8.13. The van der Waals surface area contributed by atoms with E-state index in [0.717, 1.165) is 4.57 Å². The van der Waals surface area contributed by atoms with E-state index in [1.165, 1.54) is 19.5 Å². The molecule has 2 aromatic heterocycles. The number of halogens is 1. The van der Waals surface area contributed by atoms with Gasteiger partial charge in [0.15, 0.2) is 5.75 Å². The molecule has 0 aliphatic heterocycles. The lowest BCUT2D eigenvalue weighted by Crippen LogP contribution is -2.09. The molecule has 0 unspecified atom stereocenters. The molecular weight excluding hydrogens is 246 g/mol. The average molecular weight is 254 g/mol. The van der Waals surface area contributed by atoms with Gasteiger partial charge >= 0.3 is 6.09 Å². The van der Waals surface area contributed by atoms with Gasteiger partial charge in [0, 0.05) is 6.20 Å². The molecule has 6 nitrogen and oxygen atoms in total. The summed E-state index contributed by atoms with van der Waals surface area (Å²) in [6.45, 7) is 0. The van der Waals surface area contributed by atoms with Crippen molar-refractivity contribution >= 4 is 17.7 Å². The first-order valence-electron chi connectivity index (χ1n) is 4.61. The van der Waals surface area contributed by atoms with Gasteiger partial charge in [-0.2, -0.15) is 0 Å². The number of methoxy groups -OCH3 is 1. The maximum atomic E-state index is 11.0. The fourth-order valence-corrected chi connectivity index (χ4v) is 1.56. The Labute approximate surface area is 101 Å². The van der Waals surface area contributed by atoms with E-state index in [1.54, 1.807) is 12.1 Å². The maximum Gasteiger partial charge on any atom is 0.416 e. The monoisotopic (exact) mass is 253 g/mol. The van der Waals surface area contributed by atoms with Crippen LogP contribution < -0.4 is 4.74 Å². The van der Waals surface area contributed by atoms with Gasteiger partial charge in [0.1, 0.15) is 5.69 Å². The van der Waals surface area contributed by atoms with Crippen molar-refractivity contribution in [1.82, 2.24) is 14.5 Å². The Balaban J connectivity index is 2.63. The van der Waals surface area contributed by atoms with E-state index in [0.29, 0.717) is 17.1 Å². The van der Waals surface area contributed by atoms with Crippen molar-refractivity contribution in [2.45, 2.75) is 0 Å². The Morgan fingerprint density at radius 2 is 2.35 bits per heavy atom. The van der Waals surface area contributed by atoms with E-state index in [4.69, 9.17) is 21.4 Å². The quantitative estimate of drug-likeness (QED) is 0.830. The van der Waals surface area contributed by atoms with E-state index >= 15 is 0 Å². The second-order valence-electron chi connectivity index (χ2n) is 3.10. The lowest BCUT2D eigenvalue weighted by Gasteiger charge is -2.08. The van der Waals surface area contributed by atoms with Crippen LogP contribution in [0.4, 0.5) is 4.79 Å². The highest BCUT2D eigenvalue weighted by molar-refractivity contribution is 6.28. The molecular formula is C10H8ClN3O3. The number of rotatable bonds is 2. The molecule has 0 spiro atoms. The molecule has 0 bridgehead atoms. The molecule has 0 aliphatic carbocycles. The smallest absolute Gasteiger partial charge is 0.416 e. The Morgan fingerprint density at radius 1 is 1.59 bits per heavy atom. The summed E-state index contributed by atoms with van der Waals surface area (Å²) in [4.78, 5) is 18.7. The van der Waals surface area contributed by atoms with E-state index in [-0.39, 0.29) is 5.28 Å². The van der Waals surface area contributed by atoms with Gasteiger partial charge < -0.3 is 9.84 Å². The van der Waals surface area contributed by atoms with Crippen LogP contribution >= 0.6 is 11.6 Å². The minimum absolute atomic E-state index is 0.0268. The van der Waals surface area contributed by atoms with E-state index in [2.05, 4.69) is 9.97 Å². The van der Waals surface area contributed by atoms with Crippen molar-refractivity contribution in [2.24, 2.45) is 0 Å². The lowest BCUT2D eigenvalue weighted by molar-refractivity contribution is 0.197. The number of hydrogen-bond acceptors (Lipinski definition) is 4. The zero-order valence-electron chi connectivity index (χ0n) is 8.79. The number of carbonyl (C=O) groups is 1. The van der Waals surface area contributed by atoms with Gasteiger partial charge in [-0.15, -0.1) is 0 Å². The van der Waals surface area contributed by atoms with Crippen LogP contribution in [0.25, 0.3) is 11.4 Å². The van der Waals surface area contributed by atoms with Crippen LogP contribution in [0.3, 0.4) is 0 Å². The minimum Gasteiger partial charge on any atom is -0.493 e. The van der Waals surface area contributed by atoms with Crippen LogP contribution in [0.2, 0.25) is 5.28 Å². The second-order valence-corrected chi connectivity index (χ2v) is 3.44. The van der Waals surface area contributed by atoms with Crippen molar-refractivity contribution in [1.29, 1.82) is 0 Å². The number of hydrogen-bond donors (Lipinski definition) is 1. The number of nitrogens with zero attached hydrogens (tertiary/aromatic N) is 3. The average Bonchev–Trinajstić information content (AvgIpc) is 2.77. The van der Waals surface area contributed by atoms with Gasteiger partial charge in [0.25, 0.3) is 0 Å². The van der Waals surface area contributed by atoms with Gasteiger partial charge in [-0.3, -0.25) is 4.57 Å². The van der Waals surface area contributed by atoms with Gasteiger partial charge in [0.2, 0.25) is 5.28 Å². The summed E-state index contributed by atoms with van der Waals surface area (Å²) in [5, 5.41) is 9.02. The lowest BCUT2D eigenvalue weighted by atomic mass is 10.3. The largest absolute Gasteiger partial charge is 0.493 e. The second kappa shape index (κ2) is 4.42. The Kier molecular flexibility index (Phi) is 2.97. The molecule has 2 heterocycles. The molecule has 7 heteroatoms. The van der Waals surface area contributed by atoms with Crippen molar-refractivity contribution in [3.63, 3.8) is 0 Å². The predicted octanol–water partition coefficient (Wildman–Crippen LogP) is 2.13. The third kappa shape index (κ3) is 2.07. The molecule has 0 amide bonds. The number of ether oxygens (including phenoxy) is 1. The molecule has 2 aromatic rings. The first kappa shape index (κ1) is 11.4.